The number of hydrogen-bond acceptors (Lipinski definition) is 4. The van der Waals surface area contributed by atoms with Crippen LogP contribution in [0.15, 0.2) is 24.4 Å². The van der Waals surface area contributed by atoms with Gasteiger partial charge in [0.2, 0.25) is 0 Å². The van der Waals surface area contributed by atoms with Crippen molar-refractivity contribution in [3.8, 4) is 0 Å². The molecule has 100 valence electrons. The van der Waals surface area contributed by atoms with Gasteiger partial charge in [-0.2, -0.15) is 0 Å². The van der Waals surface area contributed by atoms with Gasteiger partial charge in [0.15, 0.2) is 0 Å². The van der Waals surface area contributed by atoms with Crippen molar-refractivity contribution in [3.05, 3.63) is 30.1 Å². The number of ether oxygens (including phenoxy) is 2. The van der Waals surface area contributed by atoms with Crippen LogP contribution < -0.4 is 0 Å². The first-order valence-corrected chi connectivity index (χ1v) is 6.00. The Morgan fingerprint density at radius 2 is 2.22 bits per heavy atom. The molecule has 0 aliphatic rings. The van der Waals surface area contributed by atoms with E-state index in [4.69, 9.17) is 9.47 Å². The second-order valence-electron chi connectivity index (χ2n) is 3.95. The summed E-state index contributed by atoms with van der Waals surface area (Å²) in [5, 5.41) is 0. The molecule has 0 aliphatic heterocycles. The lowest BCUT2D eigenvalue weighted by atomic mass is 10.2. The van der Waals surface area contributed by atoms with E-state index in [-0.39, 0.29) is 6.09 Å². The number of carbonyl (C=O) groups excluding carboxylic acids is 1. The summed E-state index contributed by atoms with van der Waals surface area (Å²) in [4.78, 5) is 17.3. The molecule has 1 aromatic rings. The minimum atomic E-state index is -0.304. The van der Waals surface area contributed by atoms with Gasteiger partial charge < -0.3 is 14.4 Å². The van der Waals surface area contributed by atoms with Gasteiger partial charge >= 0.3 is 6.09 Å². The first kappa shape index (κ1) is 14.4. The molecule has 5 nitrogen and oxygen atoms in total. The quantitative estimate of drug-likeness (QED) is 0.693. The van der Waals surface area contributed by atoms with Crippen molar-refractivity contribution in [2.75, 3.05) is 33.9 Å². The molecule has 0 aromatic carbocycles. The molecule has 0 saturated carbocycles. The van der Waals surface area contributed by atoms with Crippen molar-refractivity contribution in [1.29, 1.82) is 0 Å². The molecule has 0 spiro atoms. The first-order chi connectivity index (χ1) is 8.74. The van der Waals surface area contributed by atoms with Crippen LogP contribution in [0.2, 0.25) is 0 Å². The van der Waals surface area contributed by atoms with E-state index in [1.54, 1.807) is 25.3 Å². The zero-order valence-electron chi connectivity index (χ0n) is 11.0. The number of rotatable bonds is 7. The Kier molecular flexibility index (Phi) is 6.79. The number of nitrogens with zero attached hydrogens (tertiary/aromatic N) is 2. The highest BCUT2D eigenvalue weighted by Gasteiger charge is 2.09. The van der Waals surface area contributed by atoms with Gasteiger partial charge in [0.05, 0.1) is 6.61 Å². The summed E-state index contributed by atoms with van der Waals surface area (Å²) in [6.45, 7) is 1.59. The number of hydrogen-bond donors (Lipinski definition) is 0. The zero-order chi connectivity index (χ0) is 13.2. The summed E-state index contributed by atoms with van der Waals surface area (Å²) in [7, 11) is 3.35. The summed E-state index contributed by atoms with van der Waals surface area (Å²) >= 11 is 0. The number of methoxy groups -OCH3 is 1. The molecule has 0 unspecified atom stereocenters. The number of carbonyl (C=O) groups is 1. The summed E-state index contributed by atoms with van der Waals surface area (Å²) in [6.07, 6.45) is 2.89. The normalized spacial score (nSPS) is 10.1. The standard InChI is InChI=1S/C13H20N2O3/c1-15(13(16)18-11-5-10-17-2)9-7-12-6-3-4-8-14-12/h3-4,6,8H,5,7,9-11H2,1-2H3. The topological polar surface area (TPSA) is 51.7 Å². The molecule has 1 aromatic heterocycles. The van der Waals surface area contributed by atoms with Crippen LogP contribution in [0.4, 0.5) is 4.79 Å². The van der Waals surface area contributed by atoms with Gasteiger partial charge in [0, 0.05) is 52.0 Å². The molecule has 1 heterocycles. The van der Waals surface area contributed by atoms with Crippen LogP contribution in [0.3, 0.4) is 0 Å². The van der Waals surface area contributed by atoms with Gasteiger partial charge in [0.1, 0.15) is 0 Å². The van der Waals surface area contributed by atoms with Crippen molar-refractivity contribution in [2.45, 2.75) is 12.8 Å². The second kappa shape index (κ2) is 8.47. The molecule has 0 aliphatic carbocycles. The summed E-state index contributed by atoms with van der Waals surface area (Å²) in [6, 6.07) is 5.75. The van der Waals surface area contributed by atoms with Crippen molar-refractivity contribution in [3.63, 3.8) is 0 Å². The highest BCUT2D eigenvalue weighted by atomic mass is 16.6. The molecule has 0 radical (unpaired) electrons. The highest BCUT2D eigenvalue weighted by molar-refractivity contribution is 5.67. The predicted octanol–water partition coefficient (Wildman–Crippen LogP) is 1.73. The Hall–Kier alpha value is -1.62. The van der Waals surface area contributed by atoms with Crippen LogP contribution in [0.1, 0.15) is 12.1 Å². The Labute approximate surface area is 108 Å². The third kappa shape index (κ3) is 5.63. The van der Waals surface area contributed by atoms with E-state index in [1.807, 2.05) is 18.2 Å². The first-order valence-electron chi connectivity index (χ1n) is 6.00. The molecule has 0 N–H and O–H groups in total. The van der Waals surface area contributed by atoms with Crippen molar-refractivity contribution in [2.24, 2.45) is 0 Å². The molecule has 0 bridgehead atoms. The fourth-order valence-corrected chi connectivity index (χ4v) is 1.39. The molecule has 1 rings (SSSR count). The fourth-order valence-electron chi connectivity index (χ4n) is 1.39. The maximum Gasteiger partial charge on any atom is 0.409 e. The summed E-state index contributed by atoms with van der Waals surface area (Å²) in [5.41, 5.74) is 0.969. The molecule has 0 saturated heterocycles. The summed E-state index contributed by atoms with van der Waals surface area (Å²) < 4.78 is 9.96. The maximum atomic E-state index is 11.6. The van der Waals surface area contributed by atoms with E-state index in [1.165, 1.54) is 0 Å². The predicted molar refractivity (Wildman–Crippen MR) is 68.4 cm³/mol. The smallest absolute Gasteiger partial charge is 0.409 e. The van der Waals surface area contributed by atoms with Crippen LogP contribution >= 0.6 is 0 Å². The largest absolute Gasteiger partial charge is 0.449 e. The van der Waals surface area contributed by atoms with Gasteiger partial charge in [0.25, 0.3) is 0 Å². The SMILES string of the molecule is COCCCOC(=O)N(C)CCc1ccccn1. The Bertz CT molecular complexity index is 343. The Balaban J connectivity index is 2.19. The molecule has 0 atom stereocenters. The lowest BCUT2D eigenvalue weighted by molar-refractivity contribution is 0.0977. The van der Waals surface area contributed by atoms with E-state index in [0.717, 1.165) is 18.5 Å². The van der Waals surface area contributed by atoms with Crippen LogP contribution in [0.5, 0.6) is 0 Å². The van der Waals surface area contributed by atoms with E-state index in [0.29, 0.717) is 19.8 Å². The van der Waals surface area contributed by atoms with Gasteiger partial charge in [-0.15, -0.1) is 0 Å². The van der Waals surface area contributed by atoms with Crippen molar-refractivity contribution < 1.29 is 14.3 Å². The molecule has 0 fully saturated rings. The van der Waals surface area contributed by atoms with E-state index >= 15 is 0 Å². The van der Waals surface area contributed by atoms with Crippen LogP contribution in [-0.4, -0.2) is 49.9 Å². The van der Waals surface area contributed by atoms with E-state index in [2.05, 4.69) is 4.98 Å². The Morgan fingerprint density at radius 1 is 1.39 bits per heavy atom. The van der Waals surface area contributed by atoms with Crippen molar-refractivity contribution in [1.82, 2.24) is 9.88 Å². The van der Waals surface area contributed by atoms with Gasteiger partial charge in [-0.3, -0.25) is 4.98 Å². The minimum absolute atomic E-state index is 0.304. The highest BCUT2D eigenvalue weighted by Crippen LogP contribution is 1.98. The van der Waals surface area contributed by atoms with Crippen LogP contribution in [0.25, 0.3) is 0 Å². The summed E-state index contributed by atoms with van der Waals surface area (Å²) in [5.74, 6) is 0. The molecular weight excluding hydrogens is 232 g/mol. The average molecular weight is 252 g/mol. The maximum absolute atomic E-state index is 11.6. The molecule has 1 amide bonds. The molecule has 18 heavy (non-hydrogen) atoms. The minimum Gasteiger partial charge on any atom is -0.449 e. The van der Waals surface area contributed by atoms with Gasteiger partial charge in [-0.05, 0) is 12.1 Å². The third-order valence-corrected chi connectivity index (χ3v) is 2.46. The monoisotopic (exact) mass is 252 g/mol. The van der Waals surface area contributed by atoms with Gasteiger partial charge in [-0.1, -0.05) is 6.07 Å². The van der Waals surface area contributed by atoms with E-state index < -0.39 is 0 Å². The molecular formula is C13H20N2O3. The second-order valence-corrected chi connectivity index (χ2v) is 3.95. The lowest BCUT2D eigenvalue weighted by Crippen LogP contribution is -2.30. The number of amides is 1. The van der Waals surface area contributed by atoms with Crippen LogP contribution in [0, 0.1) is 0 Å². The average Bonchev–Trinajstić information content (AvgIpc) is 2.42. The number of aromatic nitrogens is 1. The molecule has 5 heteroatoms. The lowest BCUT2D eigenvalue weighted by Gasteiger charge is -2.16. The number of likely N-dealkylation sites (N-methyl/N-ethyl adjacent to an activating group) is 1. The third-order valence-electron chi connectivity index (χ3n) is 2.46. The van der Waals surface area contributed by atoms with Gasteiger partial charge in [-0.25, -0.2) is 4.79 Å². The fraction of sp³-hybridized carbons (Fsp3) is 0.538. The van der Waals surface area contributed by atoms with E-state index in [9.17, 15) is 4.79 Å². The zero-order valence-corrected chi connectivity index (χ0v) is 11.0. The number of pyridine rings is 1. The van der Waals surface area contributed by atoms with Crippen molar-refractivity contribution >= 4 is 6.09 Å². The van der Waals surface area contributed by atoms with Crippen LogP contribution in [-0.2, 0) is 15.9 Å². The Morgan fingerprint density at radius 3 is 2.89 bits per heavy atom.